The summed E-state index contributed by atoms with van der Waals surface area (Å²) in [6.45, 7) is 2.84. The number of thiophene rings is 1. The first-order valence-corrected chi connectivity index (χ1v) is 10.7. The van der Waals surface area contributed by atoms with Gasteiger partial charge in [0.2, 0.25) is 5.91 Å². The van der Waals surface area contributed by atoms with Crippen LogP contribution in [0.3, 0.4) is 0 Å². The van der Waals surface area contributed by atoms with E-state index in [1.54, 1.807) is 11.3 Å². The maximum Gasteiger partial charge on any atom is 0.223 e. The highest BCUT2D eigenvalue weighted by molar-refractivity contribution is 7.13. The Morgan fingerprint density at radius 3 is 3.00 bits per heavy atom. The summed E-state index contributed by atoms with van der Waals surface area (Å²) in [4.78, 5) is 18.4. The average Bonchev–Trinajstić information content (AvgIpc) is 3.37. The quantitative estimate of drug-likeness (QED) is 0.854. The van der Waals surface area contributed by atoms with Crippen molar-refractivity contribution in [1.82, 2.24) is 9.80 Å². The molecule has 0 spiro atoms. The first-order valence-electron chi connectivity index (χ1n) is 9.83. The largest absolute Gasteiger partial charge is 0.460 e. The van der Waals surface area contributed by atoms with Crippen LogP contribution in [-0.2, 0) is 11.2 Å². The van der Waals surface area contributed by atoms with E-state index < -0.39 is 0 Å². The number of amides is 1. The van der Waals surface area contributed by atoms with Crippen LogP contribution in [0.4, 0.5) is 0 Å². The smallest absolute Gasteiger partial charge is 0.223 e. The molecule has 2 saturated heterocycles. The minimum absolute atomic E-state index is 0.114. The van der Waals surface area contributed by atoms with E-state index in [4.69, 9.17) is 4.42 Å². The van der Waals surface area contributed by atoms with Crippen LogP contribution in [0, 0.1) is 5.41 Å². The minimum atomic E-state index is -0.114. The number of hydrogen-bond acceptors (Lipinski definition) is 5. The minimum Gasteiger partial charge on any atom is -0.460 e. The molecule has 146 valence electrons. The van der Waals surface area contributed by atoms with Gasteiger partial charge < -0.3 is 19.3 Å². The Balaban J connectivity index is 1.41. The highest BCUT2D eigenvalue weighted by atomic mass is 32.1. The fourth-order valence-corrected chi connectivity index (χ4v) is 5.32. The van der Waals surface area contributed by atoms with Crippen molar-refractivity contribution in [3.05, 3.63) is 35.4 Å². The number of furan rings is 1. The number of hydrogen-bond donors (Lipinski definition) is 1. The molecule has 5 nitrogen and oxygen atoms in total. The summed E-state index contributed by atoms with van der Waals surface area (Å²) < 4.78 is 5.92. The van der Waals surface area contributed by atoms with Gasteiger partial charge in [-0.05, 0) is 56.4 Å². The van der Waals surface area contributed by atoms with Crippen LogP contribution in [0.2, 0.25) is 0 Å². The molecule has 2 aromatic rings. The molecule has 2 aromatic heterocycles. The number of carbonyl (C=O) groups is 1. The van der Waals surface area contributed by atoms with Gasteiger partial charge >= 0.3 is 0 Å². The molecule has 4 rings (SSSR count). The van der Waals surface area contributed by atoms with Crippen molar-refractivity contribution in [3.63, 3.8) is 0 Å². The molecule has 0 bridgehead atoms. The van der Waals surface area contributed by atoms with Crippen molar-refractivity contribution in [3.8, 4) is 10.6 Å². The van der Waals surface area contributed by atoms with E-state index in [1.807, 2.05) is 34.5 Å². The maximum absolute atomic E-state index is 13.0. The highest BCUT2D eigenvalue weighted by Gasteiger charge is 2.48. The number of aliphatic hydroxyl groups is 1. The lowest BCUT2D eigenvalue weighted by Crippen LogP contribution is -2.63. The summed E-state index contributed by atoms with van der Waals surface area (Å²) in [5.41, 5.74) is -0.114. The molecule has 2 fully saturated rings. The highest BCUT2D eigenvalue weighted by Crippen LogP contribution is 2.42. The van der Waals surface area contributed by atoms with E-state index in [2.05, 4.69) is 11.9 Å². The second-order valence-corrected chi connectivity index (χ2v) is 8.93. The number of likely N-dealkylation sites (tertiary alicyclic amines) is 2. The van der Waals surface area contributed by atoms with Crippen molar-refractivity contribution in [2.45, 2.75) is 38.1 Å². The fourth-order valence-electron chi connectivity index (χ4n) is 4.64. The number of carbonyl (C=O) groups excluding carboxylic acids is 1. The Bertz CT molecular complexity index is 772. The number of piperidine rings is 2. The van der Waals surface area contributed by atoms with Crippen LogP contribution in [-0.4, -0.2) is 60.1 Å². The van der Waals surface area contributed by atoms with Gasteiger partial charge in [0, 0.05) is 31.3 Å². The zero-order valence-electron chi connectivity index (χ0n) is 15.9. The van der Waals surface area contributed by atoms with Gasteiger partial charge in [0.05, 0.1) is 17.5 Å². The molecule has 0 saturated carbocycles. The molecular formula is C21H28N2O3S. The van der Waals surface area contributed by atoms with Crippen molar-refractivity contribution in [2.24, 2.45) is 5.41 Å². The lowest BCUT2D eigenvalue weighted by molar-refractivity contribution is -0.146. The molecule has 2 atom stereocenters. The summed E-state index contributed by atoms with van der Waals surface area (Å²) in [5.74, 6) is 1.92. The van der Waals surface area contributed by atoms with Gasteiger partial charge in [0.25, 0.3) is 0 Å². The van der Waals surface area contributed by atoms with Gasteiger partial charge in [-0.2, -0.15) is 0 Å². The number of likely N-dealkylation sites (N-methyl/N-ethyl adjacent to an activating group) is 1. The predicted molar refractivity (Wildman–Crippen MR) is 107 cm³/mol. The summed E-state index contributed by atoms with van der Waals surface area (Å²) in [7, 11) is 2.10. The lowest BCUT2D eigenvalue weighted by atomic mass is 9.69. The summed E-state index contributed by atoms with van der Waals surface area (Å²) >= 11 is 1.65. The van der Waals surface area contributed by atoms with Crippen LogP contribution < -0.4 is 0 Å². The molecule has 2 aliphatic rings. The monoisotopic (exact) mass is 388 g/mol. The van der Waals surface area contributed by atoms with Gasteiger partial charge in [-0.1, -0.05) is 6.07 Å². The molecule has 1 N–H and O–H groups in total. The number of aryl methyl sites for hydroxylation is 1. The van der Waals surface area contributed by atoms with Gasteiger partial charge in [-0.15, -0.1) is 11.3 Å². The number of fused-ring (bicyclic) bond motifs is 1. The third kappa shape index (κ3) is 3.71. The number of rotatable bonds is 5. The van der Waals surface area contributed by atoms with E-state index in [9.17, 15) is 9.90 Å². The summed E-state index contributed by atoms with van der Waals surface area (Å²) in [5, 5.41) is 12.1. The molecule has 0 aromatic carbocycles. The van der Waals surface area contributed by atoms with Gasteiger partial charge in [0.1, 0.15) is 11.5 Å². The average molecular weight is 389 g/mol. The van der Waals surface area contributed by atoms with Gasteiger partial charge in [-0.3, -0.25) is 4.79 Å². The van der Waals surface area contributed by atoms with Crippen molar-refractivity contribution in [2.75, 3.05) is 33.3 Å². The first kappa shape index (κ1) is 18.7. The molecule has 6 heteroatoms. The molecular weight excluding hydrogens is 360 g/mol. The third-order valence-corrected chi connectivity index (χ3v) is 7.16. The topological polar surface area (TPSA) is 56.9 Å². The molecule has 0 unspecified atom stereocenters. The SMILES string of the molecule is CN1CC[C@@]2(CO)CCCN(C(=O)CCc3ccc(-c4cccs4)o3)[C@@H]2C1. The lowest BCUT2D eigenvalue weighted by Gasteiger charge is -2.54. The fraction of sp³-hybridized carbons (Fsp3) is 0.571. The maximum atomic E-state index is 13.0. The van der Waals surface area contributed by atoms with Crippen LogP contribution in [0.1, 0.15) is 31.4 Å². The Hall–Kier alpha value is -1.63. The predicted octanol–water partition coefficient (Wildman–Crippen LogP) is 3.25. The Morgan fingerprint density at radius 1 is 1.33 bits per heavy atom. The first-order chi connectivity index (χ1) is 13.1. The van der Waals surface area contributed by atoms with E-state index in [-0.39, 0.29) is 24.0 Å². The Kier molecular flexibility index (Phi) is 5.39. The molecule has 27 heavy (non-hydrogen) atoms. The number of aliphatic hydroxyl groups excluding tert-OH is 1. The number of nitrogens with zero attached hydrogens (tertiary/aromatic N) is 2. The Morgan fingerprint density at radius 2 is 2.22 bits per heavy atom. The summed E-state index contributed by atoms with van der Waals surface area (Å²) in [6, 6.07) is 8.14. The van der Waals surface area contributed by atoms with Gasteiger partial charge in [-0.25, -0.2) is 0 Å². The van der Waals surface area contributed by atoms with Crippen LogP contribution in [0.5, 0.6) is 0 Å². The van der Waals surface area contributed by atoms with E-state index in [1.165, 1.54) is 0 Å². The molecule has 2 aliphatic heterocycles. The van der Waals surface area contributed by atoms with Crippen molar-refractivity contribution < 1.29 is 14.3 Å². The second-order valence-electron chi connectivity index (χ2n) is 7.98. The zero-order valence-corrected chi connectivity index (χ0v) is 16.7. The summed E-state index contributed by atoms with van der Waals surface area (Å²) in [6.07, 6.45) is 4.05. The zero-order chi connectivity index (χ0) is 18.9. The van der Waals surface area contributed by atoms with E-state index in [0.717, 1.165) is 55.3 Å². The third-order valence-electron chi connectivity index (χ3n) is 6.28. The van der Waals surface area contributed by atoms with Crippen molar-refractivity contribution >= 4 is 17.2 Å². The van der Waals surface area contributed by atoms with Crippen LogP contribution >= 0.6 is 11.3 Å². The van der Waals surface area contributed by atoms with Crippen LogP contribution in [0.15, 0.2) is 34.1 Å². The van der Waals surface area contributed by atoms with E-state index >= 15 is 0 Å². The molecule has 0 radical (unpaired) electrons. The normalized spacial score (nSPS) is 26.1. The van der Waals surface area contributed by atoms with Crippen molar-refractivity contribution in [1.29, 1.82) is 0 Å². The molecule has 1 amide bonds. The van der Waals surface area contributed by atoms with E-state index in [0.29, 0.717) is 12.8 Å². The molecule has 0 aliphatic carbocycles. The van der Waals surface area contributed by atoms with Gasteiger partial charge in [0.15, 0.2) is 0 Å². The second kappa shape index (κ2) is 7.78. The molecule has 4 heterocycles. The van der Waals surface area contributed by atoms with Crippen LogP contribution in [0.25, 0.3) is 10.6 Å². The Labute approximate surface area is 164 Å². The standard InChI is InChI=1S/C21H28N2O3S/c1-22-12-10-21(15-24)9-3-11-23(19(21)14-22)20(25)8-6-16-5-7-17(26-16)18-4-2-13-27-18/h2,4-5,7,13,19,24H,3,6,8-12,14-15H2,1H3/t19-,21-/m1/s1.